The van der Waals surface area contributed by atoms with E-state index in [4.69, 9.17) is 11.6 Å². The van der Waals surface area contributed by atoms with Gasteiger partial charge in [-0.25, -0.2) is 4.39 Å². The summed E-state index contributed by atoms with van der Waals surface area (Å²) >= 11 is 5.74. The summed E-state index contributed by atoms with van der Waals surface area (Å²) in [5.41, 5.74) is 1.80. The zero-order valence-electron chi connectivity index (χ0n) is 11.4. The zero-order chi connectivity index (χ0) is 14.8. The molecule has 1 aliphatic heterocycles. The van der Waals surface area contributed by atoms with Gasteiger partial charge in [-0.15, -0.1) is 0 Å². The topological polar surface area (TPSA) is 49.0 Å². The lowest BCUT2D eigenvalue weighted by atomic mass is 10.1. The Bertz CT molecular complexity index is 644. The van der Waals surface area contributed by atoms with E-state index in [1.807, 2.05) is 11.0 Å². The molecule has 1 fully saturated rings. The number of carbonyl (C=O) groups is 1. The van der Waals surface area contributed by atoms with Crippen molar-refractivity contribution in [2.24, 2.45) is 0 Å². The van der Waals surface area contributed by atoms with Crippen molar-refractivity contribution in [3.05, 3.63) is 52.6 Å². The Morgan fingerprint density at radius 2 is 2.33 bits per heavy atom. The second-order valence-corrected chi connectivity index (χ2v) is 5.67. The maximum absolute atomic E-state index is 13.1. The Morgan fingerprint density at radius 1 is 1.48 bits per heavy atom. The molecular weight excluding hydrogens is 293 g/mol. The van der Waals surface area contributed by atoms with Gasteiger partial charge in [0.05, 0.1) is 11.4 Å². The summed E-state index contributed by atoms with van der Waals surface area (Å²) in [6.07, 6.45) is 2.90. The highest BCUT2D eigenvalue weighted by Gasteiger charge is 2.28. The fraction of sp³-hybridized carbons (Fsp3) is 0.333. The van der Waals surface area contributed by atoms with Gasteiger partial charge < -0.3 is 4.90 Å². The number of carbonyl (C=O) groups excluding carboxylic acids is 1. The lowest BCUT2D eigenvalue weighted by molar-refractivity contribution is -0.129. The standard InChI is InChI=1S/C15H15ClFN3O/c16-12-7-10(1-2-13(12)17)8-15(21)20-6-4-11(9-20)14-3-5-18-19-14/h1-3,5,7,11H,4,6,8-9H2,(H,18,19)/t11-/m0/s1. The Balaban J connectivity index is 1.62. The molecule has 21 heavy (non-hydrogen) atoms. The summed E-state index contributed by atoms with van der Waals surface area (Å²) in [7, 11) is 0. The third kappa shape index (κ3) is 3.08. The van der Waals surface area contributed by atoms with Crippen LogP contribution in [0.4, 0.5) is 4.39 Å². The summed E-state index contributed by atoms with van der Waals surface area (Å²) < 4.78 is 13.1. The Labute approximate surface area is 126 Å². The summed E-state index contributed by atoms with van der Waals surface area (Å²) in [4.78, 5) is 14.1. The molecule has 1 aromatic heterocycles. The monoisotopic (exact) mass is 307 g/mol. The van der Waals surface area contributed by atoms with Crippen LogP contribution in [0.25, 0.3) is 0 Å². The van der Waals surface area contributed by atoms with Crippen LogP contribution in [0.5, 0.6) is 0 Å². The van der Waals surface area contributed by atoms with E-state index in [0.717, 1.165) is 24.2 Å². The van der Waals surface area contributed by atoms with Crippen molar-refractivity contribution in [1.29, 1.82) is 0 Å². The number of nitrogens with one attached hydrogen (secondary N) is 1. The Morgan fingerprint density at radius 3 is 3.05 bits per heavy atom. The van der Waals surface area contributed by atoms with Crippen LogP contribution in [-0.4, -0.2) is 34.1 Å². The van der Waals surface area contributed by atoms with Crippen LogP contribution in [-0.2, 0) is 11.2 Å². The highest BCUT2D eigenvalue weighted by molar-refractivity contribution is 6.30. The predicted molar refractivity (Wildman–Crippen MR) is 77.6 cm³/mol. The van der Waals surface area contributed by atoms with E-state index >= 15 is 0 Å². The molecule has 1 amide bonds. The van der Waals surface area contributed by atoms with Crippen molar-refractivity contribution in [2.45, 2.75) is 18.8 Å². The molecule has 0 spiro atoms. The van der Waals surface area contributed by atoms with Gasteiger partial charge in [0.2, 0.25) is 5.91 Å². The van der Waals surface area contributed by atoms with Gasteiger partial charge in [-0.3, -0.25) is 9.89 Å². The minimum atomic E-state index is -0.464. The van der Waals surface area contributed by atoms with E-state index in [1.165, 1.54) is 12.1 Å². The van der Waals surface area contributed by atoms with E-state index < -0.39 is 5.82 Å². The number of likely N-dealkylation sites (tertiary alicyclic amines) is 1. The lowest BCUT2D eigenvalue weighted by Crippen LogP contribution is -2.29. The van der Waals surface area contributed by atoms with Crippen LogP contribution in [0.15, 0.2) is 30.5 Å². The maximum Gasteiger partial charge on any atom is 0.227 e. The Hall–Kier alpha value is -1.88. The SMILES string of the molecule is O=C(Cc1ccc(F)c(Cl)c1)N1CC[C@H](c2ccn[nH]2)C1. The molecule has 1 N–H and O–H groups in total. The number of hydrogen-bond donors (Lipinski definition) is 1. The molecule has 0 saturated carbocycles. The molecular formula is C15H15ClFN3O. The minimum Gasteiger partial charge on any atom is -0.342 e. The molecule has 0 aliphatic carbocycles. The number of amides is 1. The van der Waals surface area contributed by atoms with Crippen molar-refractivity contribution in [2.75, 3.05) is 13.1 Å². The van der Waals surface area contributed by atoms with E-state index in [0.29, 0.717) is 12.5 Å². The molecule has 3 rings (SSSR count). The van der Waals surface area contributed by atoms with Gasteiger partial charge >= 0.3 is 0 Å². The van der Waals surface area contributed by atoms with Crippen molar-refractivity contribution < 1.29 is 9.18 Å². The first kappa shape index (κ1) is 14.1. The largest absolute Gasteiger partial charge is 0.342 e. The fourth-order valence-electron chi connectivity index (χ4n) is 2.67. The number of benzene rings is 1. The molecule has 1 aliphatic rings. The first-order valence-electron chi connectivity index (χ1n) is 6.84. The average molecular weight is 308 g/mol. The molecule has 1 atom stereocenters. The number of hydrogen-bond acceptors (Lipinski definition) is 2. The van der Waals surface area contributed by atoms with Crippen molar-refractivity contribution in [1.82, 2.24) is 15.1 Å². The quantitative estimate of drug-likeness (QED) is 0.948. The van der Waals surface area contributed by atoms with Crippen LogP contribution in [0.3, 0.4) is 0 Å². The fourth-order valence-corrected chi connectivity index (χ4v) is 2.87. The molecule has 1 saturated heterocycles. The first-order valence-corrected chi connectivity index (χ1v) is 7.22. The van der Waals surface area contributed by atoms with E-state index in [-0.39, 0.29) is 17.4 Å². The van der Waals surface area contributed by atoms with Crippen LogP contribution in [0.1, 0.15) is 23.6 Å². The number of halogens is 2. The van der Waals surface area contributed by atoms with Crippen LogP contribution < -0.4 is 0 Å². The van der Waals surface area contributed by atoms with Crippen LogP contribution in [0, 0.1) is 5.82 Å². The number of H-pyrrole nitrogens is 1. The lowest BCUT2D eigenvalue weighted by Gasteiger charge is -2.16. The predicted octanol–water partition coefficient (Wildman–Crippen LogP) is 2.76. The van der Waals surface area contributed by atoms with Gasteiger partial charge in [0.15, 0.2) is 0 Å². The summed E-state index contributed by atoms with van der Waals surface area (Å²) in [6.45, 7) is 1.42. The molecule has 0 unspecified atom stereocenters. The summed E-state index contributed by atoms with van der Waals surface area (Å²) in [5.74, 6) is -0.110. The van der Waals surface area contributed by atoms with Crippen LogP contribution in [0.2, 0.25) is 5.02 Å². The highest BCUT2D eigenvalue weighted by atomic mass is 35.5. The molecule has 4 nitrogen and oxygen atoms in total. The average Bonchev–Trinajstić information content (AvgIpc) is 3.12. The molecule has 1 aromatic carbocycles. The highest BCUT2D eigenvalue weighted by Crippen LogP contribution is 2.26. The van der Waals surface area contributed by atoms with E-state index in [2.05, 4.69) is 10.2 Å². The molecule has 110 valence electrons. The number of aromatic amines is 1. The van der Waals surface area contributed by atoms with Gasteiger partial charge in [-0.05, 0) is 30.2 Å². The number of rotatable bonds is 3. The molecule has 2 heterocycles. The zero-order valence-corrected chi connectivity index (χ0v) is 12.1. The van der Waals surface area contributed by atoms with Gasteiger partial charge in [0.1, 0.15) is 5.82 Å². The second-order valence-electron chi connectivity index (χ2n) is 5.26. The molecule has 6 heteroatoms. The summed E-state index contributed by atoms with van der Waals surface area (Å²) in [5, 5.41) is 6.95. The summed E-state index contributed by atoms with van der Waals surface area (Å²) in [6, 6.07) is 6.35. The minimum absolute atomic E-state index is 0.0414. The van der Waals surface area contributed by atoms with E-state index in [1.54, 1.807) is 12.3 Å². The third-order valence-corrected chi connectivity index (χ3v) is 4.13. The second kappa shape index (κ2) is 5.85. The van der Waals surface area contributed by atoms with Crippen molar-refractivity contribution >= 4 is 17.5 Å². The number of nitrogens with zero attached hydrogens (tertiary/aromatic N) is 2. The smallest absolute Gasteiger partial charge is 0.227 e. The van der Waals surface area contributed by atoms with Gasteiger partial charge in [-0.1, -0.05) is 17.7 Å². The van der Waals surface area contributed by atoms with E-state index in [9.17, 15) is 9.18 Å². The van der Waals surface area contributed by atoms with Gasteiger partial charge in [0.25, 0.3) is 0 Å². The molecule has 0 radical (unpaired) electrons. The van der Waals surface area contributed by atoms with Gasteiger partial charge in [0, 0.05) is 30.9 Å². The molecule has 0 bridgehead atoms. The van der Waals surface area contributed by atoms with Gasteiger partial charge in [-0.2, -0.15) is 5.10 Å². The maximum atomic E-state index is 13.1. The van der Waals surface area contributed by atoms with Crippen molar-refractivity contribution in [3.63, 3.8) is 0 Å². The van der Waals surface area contributed by atoms with Crippen molar-refractivity contribution in [3.8, 4) is 0 Å². The number of aromatic nitrogens is 2. The van der Waals surface area contributed by atoms with Crippen LogP contribution >= 0.6 is 11.6 Å². The first-order chi connectivity index (χ1) is 10.1. The Kier molecular flexibility index (Phi) is 3.92. The third-order valence-electron chi connectivity index (χ3n) is 3.84. The molecule has 2 aromatic rings. The normalized spacial score (nSPS) is 18.2.